The number of aromatic amines is 2. The lowest BCUT2D eigenvalue weighted by molar-refractivity contribution is -0.384. The Balaban J connectivity index is 1.47. The molecule has 130 valence electrons. The minimum Gasteiger partial charge on any atom is -0.350 e. The number of imidazole rings is 1. The largest absolute Gasteiger partial charge is 0.350 e. The third-order valence-corrected chi connectivity index (χ3v) is 4.06. The van der Waals surface area contributed by atoms with E-state index in [4.69, 9.17) is 0 Å². The molecule has 2 heterocycles. The van der Waals surface area contributed by atoms with Gasteiger partial charge in [0.1, 0.15) is 5.82 Å². The first kappa shape index (κ1) is 15.8. The Bertz CT molecular complexity index is 1100. The van der Waals surface area contributed by atoms with Gasteiger partial charge in [-0.1, -0.05) is 12.1 Å². The number of aromatic nitrogens is 4. The number of nitrogens with zero attached hydrogens (tertiary/aromatic N) is 3. The van der Waals surface area contributed by atoms with Gasteiger partial charge >= 0.3 is 0 Å². The van der Waals surface area contributed by atoms with Crippen molar-refractivity contribution in [3.8, 4) is 0 Å². The number of H-pyrrole nitrogens is 2. The average Bonchev–Trinajstić information content (AvgIpc) is 3.24. The predicted molar refractivity (Wildman–Crippen MR) is 94.9 cm³/mol. The molecule has 0 fully saturated rings. The second-order valence-corrected chi connectivity index (χ2v) is 5.77. The van der Waals surface area contributed by atoms with E-state index in [1.54, 1.807) is 0 Å². The maximum atomic E-state index is 12.4. The van der Waals surface area contributed by atoms with Crippen LogP contribution in [0.2, 0.25) is 0 Å². The van der Waals surface area contributed by atoms with Crippen molar-refractivity contribution < 1.29 is 9.72 Å². The molecule has 9 nitrogen and oxygen atoms in total. The van der Waals surface area contributed by atoms with Crippen molar-refractivity contribution >= 4 is 33.5 Å². The van der Waals surface area contributed by atoms with Gasteiger partial charge in [0.15, 0.2) is 5.69 Å². The van der Waals surface area contributed by atoms with Crippen molar-refractivity contribution in [1.82, 2.24) is 25.5 Å². The summed E-state index contributed by atoms with van der Waals surface area (Å²) in [6.45, 7) is 0.363. The monoisotopic (exact) mass is 350 g/mol. The molecule has 0 bridgehead atoms. The Labute approximate surface area is 146 Å². The van der Waals surface area contributed by atoms with Gasteiger partial charge in [0.2, 0.25) is 0 Å². The fraction of sp³-hybridized carbons (Fsp3) is 0.118. The van der Waals surface area contributed by atoms with Gasteiger partial charge in [-0.3, -0.25) is 20.0 Å². The highest BCUT2D eigenvalue weighted by molar-refractivity contribution is 6.05. The molecule has 0 spiro atoms. The molecule has 9 heteroatoms. The van der Waals surface area contributed by atoms with E-state index in [9.17, 15) is 14.9 Å². The predicted octanol–water partition coefficient (Wildman–Crippen LogP) is 2.32. The number of carbonyl (C=O) groups excluding carboxylic acids is 1. The van der Waals surface area contributed by atoms with Gasteiger partial charge in [-0.05, 0) is 18.2 Å². The van der Waals surface area contributed by atoms with Crippen molar-refractivity contribution in [3.63, 3.8) is 0 Å². The summed E-state index contributed by atoms with van der Waals surface area (Å²) in [4.78, 5) is 30.4. The van der Waals surface area contributed by atoms with E-state index in [2.05, 4.69) is 25.5 Å². The van der Waals surface area contributed by atoms with Gasteiger partial charge in [-0.2, -0.15) is 5.10 Å². The number of hydrogen-bond acceptors (Lipinski definition) is 5. The first-order valence-electron chi connectivity index (χ1n) is 7.96. The number of rotatable bonds is 5. The molecular weight excluding hydrogens is 336 g/mol. The Hall–Kier alpha value is -3.75. The average molecular weight is 350 g/mol. The molecule has 3 N–H and O–H groups in total. The van der Waals surface area contributed by atoms with E-state index in [1.165, 1.54) is 18.2 Å². The normalized spacial score (nSPS) is 11.1. The van der Waals surface area contributed by atoms with Crippen LogP contribution in [0.4, 0.5) is 5.69 Å². The number of nitro groups is 1. The number of benzene rings is 2. The molecule has 0 aliphatic carbocycles. The topological polar surface area (TPSA) is 130 Å². The van der Waals surface area contributed by atoms with Crippen molar-refractivity contribution in [1.29, 1.82) is 0 Å². The standard InChI is InChI=1S/C17H14N6O3/c24-17(16-11-9-10(23(25)26)5-6-12(11)21-22-16)18-8-7-15-19-13-3-1-2-4-14(13)20-15/h1-6,9H,7-8H2,(H,18,24)(H,19,20)(H,21,22). The highest BCUT2D eigenvalue weighted by atomic mass is 16.6. The molecule has 4 rings (SSSR count). The second kappa shape index (κ2) is 6.28. The fourth-order valence-corrected chi connectivity index (χ4v) is 2.79. The van der Waals surface area contributed by atoms with E-state index in [-0.39, 0.29) is 11.4 Å². The SMILES string of the molecule is O=C(NCCc1nc2ccccc2[nH]1)c1n[nH]c2ccc([N+](=O)[O-])cc12. The number of fused-ring (bicyclic) bond motifs is 2. The maximum Gasteiger partial charge on any atom is 0.272 e. The van der Waals surface area contributed by atoms with Gasteiger partial charge in [0, 0.05) is 30.5 Å². The van der Waals surface area contributed by atoms with Crippen LogP contribution in [-0.4, -0.2) is 37.5 Å². The smallest absolute Gasteiger partial charge is 0.272 e. The summed E-state index contributed by atoms with van der Waals surface area (Å²) in [7, 11) is 0. The number of para-hydroxylation sites is 2. The zero-order valence-corrected chi connectivity index (χ0v) is 13.5. The minimum absolute atomic E-state index is 0.0878. The van der Waals surface area contributed by atoms with Crippen molar-refractivity contribution in [2.75, 3.05) is 6.54 Å². The van der Waals surface area contributed by atoms with Crippen LogP contribution in [0.3, 0.4) is 0 Å². The molecule has 0 aliphatic rings. The van der Waals surface area contributed by atoms with Gasteiger partial charge in [0.25, 0.3) is 11.6 Å². The molecule has 2 aromatic carbocycles. The first-order chi connectivity index (χ1) is 12.6. The molecule has 0 saturated carbocycles. The van der Waals surface area contributed by atoms with Crippen LogP contribution in [0, 0.1) is 10.1 Å². The summed E-state index contributed by atoms with van der Waals surface area (Å²) in [6.07, 6.45) is 0.531. The summed E-state index contributed by atoms with van der Waals surface area (Å²) in [5.74, 6) is 0.377. The second-order valence-electron chi connectivity index (χ2n) is 5.77. The molecule has 0 unspecified atom stereocenters. The Kier molecular flexibility index (Phi) is 3.81. The number of non-ortho nitro benzene ring substituents is 1. The Morgan fingerprint density at radius 1 is 1.19 bits per heavy atom. The third-order valence-electron chi connectivity index (χ3n) is 4.06. The summed E-state index contributed by atoms with van der Waals surface area (Å²) in [5, 5.41) is 20.8. The zero-order valence-electron chi connectivity index (χ0n) is 13.5. The lowest BCUT2D eigenvalue weighted by Gasteiger charge is -2.02. The third kappa shape index (κ3) is 2.86. The summed E-state index contributed by atoms with van der Waals surface area (Å²) in [6, 6.07) is 11.9. The quantitative estimate of drug-likeness (QED) is 0.376. The van der Waals surface area contributed by atoms with E-state index in [1.807, 2.05) is 24.3 Å². The molecule has 26 heavy (non-hydrogen) atoms. The van der Waals surface area contributed by atoms with E-state index >= 15 is 0 Å². The molecule has 1 amide bonds. The lowest BCUT2D eigenvalue weighted by Crippen LogP contribution is -2.26. The van der Waals surface area contributed by atoms with Crippen LogP contribution in [0.15, 0.2) is 42.5 Å². The van der Waals surface area contributed by atoms with Gasteiger partial charge < -0.3 is 10.3 Å². The maximum absolute atomic E-state index is 12.4. The molecule has 0 atom stereocenters. The first-order valence-corrected chi connectivity index (χ1v) is 7.96. The Morgan fingerprint density at radius 2 is 2.04 bits per heavy atom. The summed E-state index contributed by atoms with van der Waals surface area (Å²) in [5.41, 5.74) is 2.43. The van der Waals surface area contributed by atoms with Gasteiger partial charge in [0.05, 0.1) is 21.5 Å². The molecule has 2 aromatic heterocycles. The van der Waals surface area contributed by atoms with Crippen molar-refractivity contribution in [3.05, 3.63) is 64.1 Å². The molecule has 0 saturated heterocycles. The van der Waals surface area contributed by atoms with E-state index < -0.39 is 10.8 Å². The number of carbonyl (C=O) groups is 1. The molecule has 4 aromatic rings. The number of nitrogens with one attached hydrogen (secondary N) is 3. The van der Waals surface area contributed by atoms with Crippen molar-refractivity contribution in [2.45, 2.75) is 6.42 Å². The van der Waals surface area contributed by atoms with Crippen LogP contribution in [0.5, 0.6) is 0 Å². The van der Waals surface area contributed by atoms with Gasteiger partial charge in [-0.25, -0.2) is 4.98 Å². The van der Waals surface area contributed by atoms with Crippen LogP contribution >= 0.6 is 0 Å². The van der Waals surface area contributed by atoms with Gasteiger partial charge in [-0.15, -0.1) is 0 Å². The minimum atomic E-state index is -0.504. The highest BCUT2D eigenvalue weighted by Gasteiger charge is 2.17. The number of amides is 1. The van der Waals surface area contributed by atoms with E-state index in [0.29, 0.717) is 23.9 Å². The number of nitro benzene ring substituents is 1. The summed E-state index contributed by atoms with van der Waals surface area (Å²) < 4.78 is 0. The van der Waals surface area contributed by atoms with Crippen molar-refractivity contribution in [2.24, 2.45) is 0 Å². The van der Waals surface area contributed by atoms with Crippen LogP contribution < -0.4 is 5.32 Å². The number of hydrogen-bond donors (Lipinski definition) is 3. The van der Waals surface area contributed by atoms with Crippen LogP contribution in [0.1, 0.15) is 16.3 Å². The zero-order chi connectivity index (χ0) is 18.1. The molecular formula is C17H14N6O3. The molecule has 0 radical (unpaired) electrons. The Morgan fingerprint density at radius 3 is 2.85 bits per heavy atom. The van der Waals surface area contributed by atoms with Crippen LogP contribution in [0.25, 0.3) is 21.9 Å². The fourth-order valence-electron chi connectivity index (χ4n) is 2.79. The lowest BCUT2D eigenvalue weighted by atomic mass is 10.2. The van der Waals surface area contributed by atoms with Crippen LogP contribution in [-0.2, 0) is 6.42 Å². The summed E-state index contributed by atoms with van der Waals surface area (Å²) >= 11 is 0. The molecule has 0 aliphatic heterocycles. The highest BCUT2D eigenvalue weighted by Crippen LogP contribution is 2.22. The van der Waals surface area contributed by atoms with E-state index in [0.717, 1.165) is 16.9 Å².